The molecule has 0 aliphatic rings. The zero-order valence-corrected chi connectivity index (χ0v) is 10.8. The largest absolute Gasteiger partial charge is 0.573 e. The summed E-state index contributed by atoms with van der Waals surface area (Å²) >= 11 is 0. The molecule has 7 heteroatoms. The number of alkyl halides is 3. The molecular weight excluding hydrogens is 285 g/mol. The van der Waals surface area contributed by atoms with Gasteiger partial charge in [0.2, 0.25) is 0 Å². The van der Waals surface area contributed by atoms with Gasteiger partial charge in [-0.05, 0) is 29.3 Å². The normalized spacial score (nSPS) is 13.0. The second kappa shape index (κ2) is 6.01. The molecule has 1 unspecified atom stereocenters. The number of benzene rings is 1. The highest BCUT2D eigenvalue weighted by molar-refractivity contribution is 5.45. The minimum absolute atomic E-state index is 0.221. The van der Waals surface area contributed by atoms with Gasteiger partial charge in [0.25, 0.3) is 0 Å². The summed E-state index contributed by atoms with van der Waals surface area (Å²) in [5.74, 6) is -0.334. The van der Waals surface area contributed by atoms with Crippen molar-refractivity contribution in [2.75, 3.05) is 5.73 Å². The van der Waals surface area contributed by atoms with E-state index in [1.165, 1.54) is 18.3 Å². The minimum atomic E-state index is -4.73. The molecule has 0 aliphatic heterocycles. The number of ether oxygens (including phenoxy) is 1. The van der Waals surface area contributed by atoms with Crippen molar-refractivity contribution in [1.82, 2.24) is 4.98 Å². The maximum Gasteiger partial charge on any atom is 0.573 e. The average molecular weight is 298 g/mol. The molecule has 0 radical (unpaired) electrons. The molecule has 0 saturated heterocycles. The minimum Gasteiger partial charge on any atom is -0.406 e. The van der Waals surface area contributed by atoms with Crippen molar-refractivity contribution in [2.24, 2.45) is 0 Å². The molecule has 4 nitrogen and oxygen atoms in total. The van der Waals surface area contributed by atoms with Crippen LogP contribution >= 0.6 is 0 Å². The molecule has 2 aromatic rings. The Morgan fingerprint density at radius 3 is 2.43 bits per heavy atom. The monoisotopic (exact) mass is 298 g/mol. The molecule has 0 spiro atoms. The lowest BCUT2D eigenvalue weighted by molar-refractivity contribution is -0.274. The number of nitrogen functional groups attached to an aromatic ring is 1. The summed E-state index contributed by atoms with van der Waals surface area (Å²) in [5.41, 5.74) is 7.38. The van der Waals surface area contributed by atoms with Gasteiger partial charge < -0.3 is 15.6 Å². The Hall–Kier alpha value is -2.28. The van der Waals surface area contributed by atoms with E-state index in [1.807, 2.05) is 0 Å². The lowest BCUT2D eigenvalue weighted by Crippen LogP contribution is -2.17. The fourth-order valence-electron chi connectivity index (χ4n) is 1.83. The Morgan fingerprint density at radius 1 is 1.19 bits per heavy atom. The van der Waals surface area contributed by atoms with Crippen molar-refractivity contribution in [3.63, 3.8) is 0 Å². The molecule has 1 aromatic carbocycles. The summed E-state index contributed by atoms with van der Waals surface area (Å²) in [6, 6.07) is 6.66. The van der Waals surface area contributed by atoms with Crippen LogP contribution in [-0.2, 0) is 6.42 Å². The van der Waals surface area contributed by atoms with Crippen molar-refractivity contribution in [2.45, 2.75) is 18.9 Å². The summed E-state index contributed by atoms with van der Waals surface area (Å²) in [6.45, 7) is 0. The zero-order chi connectivity index (χ0) is 15.5. The van der Waals surface area contributed by atoms with Crippen molar-refractivity contribution < 1.29 is 23.0 Å². The van der Waals surface area contributed by atoms with Gasteiger partial charge in [0.15, 0.2) is 0 Å². The third kappa shape index (κ3) is 4.35. The SMILES string of the molecule is Nc1ccncc1CC(O)c1ccc(OC(F)(F)F)cc1. The van der Waals surface area contributed by atoms with Gasteiger partial charge >= 0.3 is 6.36 Å². The highest BCUT2D eigenvalue weighted by atomic mass is 19.4. The Balaban J connectivity index is 2.06. The number of halogens is 3. The van der Waals surface area contributed by atoms with E-state index in [4.69, 9.17) is 5.73 Å². The van der Waals surface area contributed by atoms with Crippen molar-refractivity contribution in [1.29, 1.82) is 0 Å². The molecule has 1 aromatic heterocycles. The van der Waals surface area contributed by atoms with Crippen LogP contribution in [0.15, 0.2) is 42.7 Å². The summed E-state index contributed by atoms with van der Waals surface area (Å²) in [6.07, 6.45) is -2.33. The molecule has 0 amide bonds. The Morgan fingerprint density at radius 2 is 1.86 bits per heavy atom. The number of hydrogen-bond donors (Lipinski definition) is 2. The highest BCUT2D eigenvalue weighted by Crippen LogP contribution is 2.26. The van der Waals surface area contributed by atoms with E-state index >= 15 is 0 Å². The summed E-state index contributed by atoms with van der Waals surface area (Å²) in [7, 11) is 0. The second-order valence-corrected chi connectivity index (χ2v) is 4.41. The van der Waals surface area contributed by atoms with Crippen molar-refractivity contribution >= 4 is 5.69 Å². The average Bonchev–Trinajstić information content (AvgIpc) is 2.40. The van der Waals surface area contributed by atoms with Crippen LogP contribution in [0.4, 0.5) is 18.9 Å². The van der Waals surface area contributed by atoms with Crippen molar-refractivity contribution in [3.8, 4) is 5.75 Å². The van der Waals surface area contributed by atoms with Crippen LogP contribution in [0, 0.1) is 0 Å². The number of nitrogens with zero attached hydrogens (tertiary/aromatic N) is 1. The number of nitrogens with two attached hydrogens (primary N) is 1. The molecule has 112 valence electrons. The van der Waals surface area contributed by atoms with Crippen LogP contribution in [0.25, 0.3) is 0 Å². The van der Waals surface area contributed by atoms with Gasteiger partial charge in [-0.15, -0.1) is 13.2 Å². The standard InChI is InChI=1S/C14H13F3N2O2/c15-14(16,17)21-11-3-1-9(2-4-11)13(20)7-10-8-19-6-5-12(10)18/h1-6,8,13,20H,7H2,(H2,18,19). The number of aliphatic hydroxyl groups excluding tert-OH is 1. The molecule has 0 aliphatic carbocycles. The maximum atomic E-state index is 12.0. The molecule has 2 rings (SSSR count). The summed E-state index contributed by atoms with van der Waals surface area (Å²) < 4.78 is 39.9. The molecule has 21 heavy (non-hydrogen) atoms. The van der Waals surface area contributed by atoms with E-state index in [0.717, 1.165) is 12.1 Å². The number of aliphatic hydroxyl groups is 1. The Labute approximate surface area is 119 Å². The predicted octanol–water partition coefficient (Wildman–Crippen LogP) is 2.84. The van der Waals surface area contributed by atoms with Crippen LogP contribution in [0.2, 0.25) is 0 Å². The molecular formula is C14H13F3N2O2. The molecule has 0 fully saturated rings. The van der Waals surface area contributed by atoms with Crippen molar-refractivity contribution in [3.05, 3.63) is 53.9 Å². The molecule has 0 saturated carbocycles. The van der Waals surface area contributed by atoms with Gasteiger partial charge in [0.1, 0.15) is 5.75 Å². The third-order valence-electron chi connectivity index (χ3n) is 2.85. The summed E-state index contributed by atoms with van der Waals surface area (Å²) in [5, 5.41) is 10.1. The van der Waals surface area contributed by atoms with Crippen LogP contribution in [0.1, 0.15) is 17.2 Å². The molecule has 1 atom stereocenters. The number of aromatic nitrogens is 1. The molecule has 1 heterocycles. The number of rotatable bonds is 4. The van der Waals surface area contributed by atoms with Gasteiger partial charge in [-0.1, -0.05) is 12.1 Å². The van der Waals surface area contributed by atoms with E-state index < -0.39 is 12.5 Å². The van der Waals surface area contributed by atoms with Crippen LogP contribution in [0.3, 0.4) is 0 Å². The first kappa shape index (κ1) is 15.1. The van der Waals surface area contributed by atoms with E-state index in [-0.39, 0.29) is 12.2 Å². The number of pyridine rings is 1. The first-order valence-electron chi connectivity index (χ1n) is 6.07. The lowest BCUT2D eigenvalue weighted by atomic mass is 10.0. The van der Waals surface area contributed by atoms with E-state index in [0.29, 0.717) is 16.8 Å². The van der Waals surface area contributed by atoms with Gasteiger partial charge in [-0.25, -0.2) is 0 Å². The summed E-state index contributed by atoms with van der Waals surface area (Å²) in [4.78, 5) is 3.91. The van der Waals surface area contributed by atoms with Crippen LogP contribution in [0.5, 0.6) is 5.75 Å². The fourth-order valence-corrected chi connectivity index (χ4v) is 1.83. The Kier molecular flexibility index (Phi) is 4.32. The predicted molar refractivity (Wildman–Crippen MR) is 70.4 cm³/mol. The first-order chi connectivity index (χ1) is 9.85. The van der Waals surface area contributed by atoms with E-state index in [9.17, 15) is 18.3 Å². The van der Waals surface area contributed by atoms with Gasteiger partial charge in [0.05, 0.1) is 6.10 Å². The third-order valence-corrected chi connectivity index (χ3v) is 2.85. The smallest absolute Gasteiger partial charge is 0.406 e. The quantitative estimate of drug-likeness (QED) is 0.910. The van der Waals surface area contributed by atoms with Gasteiger partial charge in [-0.2, -0.15) is 0 Å². The fraction of sp³-hybridized carbons (Fsp3) is 0.214. The van der Waals surface area contributed by atoms with Crippen LogP contribution < -0.4 is 10.5 Å². The number of anilines is 1. The Bertz CT molecular complexity index is 600. The number of hydrogen-bond acceptors (Lipinski definition) is 4. The zero-order valence-electron chi connectivity index (χ0n) is 10.8. The van der Waals surface area contributed by atoms with Gasteiger partial charge in [-0.3, -0.25) is 4.98 Å². The van der Waals surface area contributed by atoms with E-state index in [2.05, 4.69) is 9.72 Å². The molecule has 0 bridgehead atoms. The first-order valence-corrected chi connectivity index (χ1v) is 6.07. The second-order valence-electron chi connectivity index (χ2n) is 4.41. The topological polar surface area (TPSA) is 68.4 Å². The highest BCUT2D eigenvalue weighted by Gasteiger charge is 2.31. The van der Waals surface area contributed by atoms with E-state index in [1.54, 1.807) is 12.3 Å². The lowest BCUT2D eigenvalue weighted by Gasteiger charge is -2.13. The van der Waals surface area contributed by atoms with Gasteiger partial charge in [0, 0.05) is 24.5 Å². The maximum absolute atomic E-state index is 12.0. The molecule has 3 N–H and O–H groups in total. The van der Waals surface area contributed by atoms with Crippen LogP contribution in [-0.4, -0.2) is 16.5 Å².